The van der Waals surface area contributed by atoms with E-state index < -0.39 is 0 Å². The maximum Gasteiger partial charge on any atom is 0.219 e. The fourth-order valence-corrected chi connectivity index (χ4v) is 6.55. The van der Waals surface area contributed by atoms with Crippen molar-refractivity contribution in [2.45, 2.75) is 37.5 Å². The number of aliphatic imine (C=N–C) groups is 2. The first kappa shape index (κ1) is 18.1. The van der Waals surface area contributed by atoms with E-state index in [4.69, 9.17) is 21.0 Å². The Bertz CT molecular complexity index is 1070. The normalized spacial score (nSPS) is 15.3. The van der Waals surface area contributed by atoms with E-state index in [0.29, 0.717) is 10.0 Å². The first-order valence-corrected chi connectivity index (χ1v) is 10.4. The van der Waals surface area contributed by atoms with Gasteiger partial charge >= 0.3 is 0 Å². The summed E-state index contributed by atoms with van der Waals surface area (Å²) < 4.78 is 0. The summed E-state index contributed by atoms with van der Waals surface area (Å²) in [6.07, 6.45) is 5.52. The van der Waals surface area contributed by atoms with Crippen LogP contribution in [0.15, 0.2) is 22.1 Å². The Kier molecular flexibility index (Phi) is 4.54. The van der Waals surface area contributed by atoms with Crippen LogP contribution in [0.1, 0.15) is 43.2 Å². The molecule has 1 fully saturated rings. The van der Waals surface area contributed by atoms with Crippen LogP contribution in [0.25, 0.3) is 9.75 Å². The fourth-order valence-electron chi connectivity index (χ4n) is 4.12. The van der Waals surface area contributed by atoms with Crippen molar-refractivity contribution in [2.24, 2.45) is 9.98 Å². The van der Waals surface area contributed by atoms with Gasteiger partial charge in [-0.25, -0.2) is 9.98 Å². The first-order valence-electron chi connectivity index (χ1n) is 8.72. The summed E-state index contributed by atoms with van der Waals surface area (Å²) in [5.74, 6) is 0. The quantitative estimate of drug-likeness (QED) is 0.637. The Labute approximate surface area is 169 Å². The predicted molar refractivity (Wildman–Crippen MR) is 108 cm³/mol. The molecule has 1 spiro atoms. The molecule has 6 nitrogen and oxygen atoms in total. The molecular formula is C20H12N6S2. The van der Waals surface area contributed by atoms with Crippen molar-refractivity contribution in [3.8, 4) is 34.0 Å². The van der Waals surface area contributed by atoms with Crippen molar-refractivity contribution < 1.29 is 0 Å². The minimum absolute atomic E-state index is 0.101. The zero-order valence-corrected chi connectivity index (χ0v) is 16.3. The number of hydrogen-bond acceptors (Lipinski definition) is 8. The monoisotopic (exact) mass is 400 g/mol. The largest absolute Gasteiger partial charge is 0.219 e. The lowest BCUT2D eigenvalue weighted by molar-refractivity contribution is 0.353. The van der Waals surface area contributed by atoms with Crippen LogP contribution in [0.4, 0.5) is 10.0 Å². The Hall–Kier alpha value is -3.30. The van der Waals surface area contributed by atoms with Crippen molar-refractivity contribution in [3.63, 3.8) is 0 Å². The van der Waals surface area contributed by atoms with Gasteiger partial charge in [-0.05, 0) is 36.1 Å². The molecule has 0 amide bonds. The highest BCUT2D eigenvalue weighted by molar-refractivity contribution is 7.26. The summed E-state index contributed by atoms with van der Waals surface area (Å²) in [5, 5.41) is 37.3. The Morgan fingerprint density at radius 3 is 1.57 bits per heavy atom. The number of nitriles is 4. The van der Waals surface area contributed by atoms with Gasteiger partial charge in [-0.15, -0.1) is 22.7 Å². The van der Waals surface area contributed by atoms with Gasteiger partial charge in [0.05, 0.1) is 9.75 Å². The minimum atomic E-state index is -0.151. The van der Waals surface area contributed by atoms with Crippen LogP contribution in [0.3, 0.4) is 0 Å². The fraction of sp³-hybridized carbons (Fsp3) is 0.300. The summed E-state index contributed by atoms with van der Waals surface area (Å²) in [4.78, 5) is 10.6. The SMILES string of the molecule is N#CC(C#N)=Nc1cc2c(s1)-c1sc(N=C(C#N)C#N)cc1C21CCCCC1. The predicted octanol–water partition coefficient (Wildman–Crippen LogP) is 5.28. The third-order valence-electron chi connectivity index (χ3n) is 5.25. The second-order valence-corrected chi connectivity index (χ2v) is 8.73. The maximum absolute atomic E-state index is 9.00. The number of nitrogens with zero attached hydrogens (tertiary/aromatic N) is 6. The lowest BCUT2D eigenvalue weighted by atomic mass is 9.68. The van der Waals surface area contributed by atoms with Crippen molar-refractivity contribution in [3.05, 3.63) is 23.3 Å². The molecule has 0 saturated heterocycles. The molecule has 0 aromatic carbocycles. The van der Waals surface area contributed by atoms with E-state index in [9.17, 15) is 0 Å². The smallest absolute Gasteiger partial charge is 0.216 e. The van der Waals surface area contributed by atoms with E-state index in [-0.39, 0.29) is 16.8 Å². The Morgan fingerprint density at radius 2 is 1.18 bits per heavy atom. The molecule has 134 valence electrons. The highest BCUT2D eigenvalue weighted by Gasteiger charge is 2.46. The zero-order chi connectivity index (χ0) is 19.7. The second kappa shape index (κ2) is 7.02. The van der Waals surface area contributed by atoms with Crippen LogP contribution in [0, 0.1) is 45.3 Å². The number of rotatable bonds is 2. The molecule has 0 unspecified atom stereocenters. The Morgan fingerprint density at radius 1 is 0.750 bits per heavy atom. The number of thiophene rings is 2. The average molecular weight is 400 g/mol. The van der Waals surface area contributed by atoms with Gasteiger partial charge in [0.25, 0.3) is 0 Å². The molecule has 0 N–H and O–H groups in total. The summed E-state index contributed by atoms with van der Waals surface area (Å²) in [6.45, 7) is 0. The number of hydrogen-bond donors (Lipinski definition) is 0. The van der Waals surface area contributed by atoms with Crippen LogP contribution in [0.2, 0.25) is 0 Å². The molecular weight excluding hydrogens is 388 g/mol. The number of fused-ring (bicyclic) bond motifs is 5. The van der Waals surface area contributed by atoms with Gasteiger partial charge < -0.3 is 0 Å². The molecule has 28 heavy (non-hydrogen) atoms. The van der Waals surface area contributed by atoms with Crippen LogP contribution in [-0.4, -0.2) is 11.4 Å². The van der Waals surface area contributed by atoms with E-state index >= 15 is 0 Å². The minimum Gasteiger partial charge on any atom is -0.216 e. The standard InChI is InChI=1S/C20H12N6S2/c21-8-12(9-22)25-16-6-14-18(27-16)19-15(20(14)4-2-1-3-5-20)7-17(28-19)26-13(10-23)11-24/h6-7H,1-5H2. The van der Waals surface area contributed by atoms with Crippen LogP contribution >= 0.6 is 22.7 Å². The molecule has 0 atom stereocenters. The van der Waals surface area contributed by atoms with E-state index in [1.165, 1.54) is 40.2 Å². The lowest BCUT2D eigenvalue weighted by Crippen LogP contribution is -2.27. The second-order valence-electron chi connectivity index (χ2n) is 6.67. The van der Waals surface area contributed by atoms with E-state index in [1.54, 1.807) is 0 Å². The molecule has 2 aliphatic carbocycles. The summed E-state index contributed by atoms with van der Waals surface area (Å²) in [7, 11) is 0. The molecule has 1 saturated carbocycles. The maximum atomic E-state index is 9.00. The van der Waals surface area contributed by atoms with Gasteiger partial charge in [-0.3, -0.25) is 0 Å². The van der Waals surface area contributed by atoms with E-state index in [0.717, 1.165) is 35.4 Å². The molecule has 8 heteroatoms. The van der Waals surface area contributed by atoms with Gasteiger partial charge in [0.1, 0.15) is 34.3 Å². The Balaban J connectivity index is 1.89. The van der Waals surface area contributed by atoms with Gasteiger partial charge in [-0.1, -0.05) is 19.3 Å². The van der Waals surface area contributed by atoms with Gasteiger partial charge in [0.15, 0.2) is 0 Å². The zero-order valence-electron chi connectivity index (χ0n) is 14.7. The van der Waals surface area contributed by atoms with Gasteiger partial charge in [0, 0.05) is 5.41 Å². The average Bonchev–Trinajstić information content (AvgIpc) is 3.39. The highest BCUT2D eigenvalue weighted by Crippen LogP contribution is 2.62. The van der Waals surface area contributed by atoms with E-state index in [2.05, 4.69) is 9.98 Å². The molecule has 2 aromatic heterocycles. The van der Waals surface area contributed by atoms with Crippen molar-refractivity contribution in [1.29, 1.82) is 21.0 Å². The van der Waals surface area contributed by atoms with Gasteiger partial charge in [-0.2, -0.15) is 21.0 Å². The summed E-state index contributed by atoms with van der Waals surface area (Å²) in [5.41, 5.74) is 2.05. The van der Waals surface area contributed by atoms with Crippen LogP contribution in [-0.2, 0) is 5.41 Å². The highest BCUT2D eigenvalue weighted by atomic mass is 32.1. The van der Waals surface area contributed by atoms with Crippen LogP contribution < -0.4 is 0 Å². The third-order valence-corrected chi connectivity index (χ3v) is 7.47. The van der Waals surface area contributed by atoms with Crippen molar-refractivity contribution in [1.82, 2.24) is 0 Å². The third kappa shape index (κ3) is 2.72. The molecule has 2 heterocycles. The topological polar surface area (TPSA) is 120 Å². The van der Waals surface area contributed by atoms with E-state index in [1.807, 2.05) is 36.4 Å². The van der Waals surface area contributed by atoms with Crippen LogP contribution in [0.5, 0.6) is 0 Å². The molecule has 2 aromatic rings. The summed E-state index contributed by atoms with van der Waals surface area (Å²) in [6, 6.07) is 11.3. The first-order chi connectivity index (χ1) is 13.6. The molecule has 2 aliphatic rings. The van der Waals surface area contributed by atoms with Crippen molar-refractivity contribution in [2.75, 3.05) is 0 Å². The molecule has 4 rings (SSSR count). The van der Waals surface area contributed by atoms with Gasteiger partial charge in [0.2, 0.25) is 11.4 Å². The molecule has 0 radical (unpaired) electrons. The lowest BCUT2D eigenvalue weighted by Gasteiger charge is -2.34. The van der Waals surface area contributed by atoms with Crippen molar-refractivity contribution >= 4 is 44.1 Å². The summed E-state index contributed by atoms with van der Waals surface area (Å²) >= 11 is 2.95. The molecule has 0 bridgehead atoms. The molecule has 0 aliphatic heterocycles.